The topological polar surface area (TPSA) is 137 Å². The third kappa shape index (κ3) is 6.42. The molecule has 6 rings (SSSR count). The molecule has 2 aromatic carbocycles. The van der Waals surface area contributed by atoms with Crippen LogP contribution in [0.1, 0.15) is 47.1 Å². The van der Waals surface area contributed by atoms with Crippen molar-refractivity contribution in [2.24, 2.45) is 5.73 Å². The molecule has 1 aliphatic carbocycles. The predicted molar refractivity (Wildman–Crippen MR) is 162 cm³/mol. The number of rotatable bonds is 9. The zero-order valence-corrected chi connectivity index (χ0v) is 26.0. The number of hydrogen-bond donors (Lipinski definition) is 3. The summed E-state index contributed by atoms with van der Waals surface area (Å²) in [6.45, 7) is -0.475. The first-order valence-electron chi connectivity index (χ1n) is 15.1. The van der Waals surface area contributed by atoms with Gasteiger partial charge < -0.3 is 25.6 Å². The normalized spacial score (nSPS) is 18.5. The molecule has 0 spiro atoms. The first-order valence-corrected chi connectivity index (χ1v) is 15.1. The van der Waals surface area contributed by atoms with E-state index in [0.29, 0.717) is 12.8 Å². The number of aliphatic hydroxyl groups is 1. The fraction of sp³-hybridized carbons (Fsp3) is 0.294. The number of fused-ring (bicyclic) bond motifs is 1. The summed E-state index contributed by atoms with van der Waals surface area (Å²) >= 11 is 0. The average Bonchev–Trinajstić information content (AvgIpc) is 3.82. The van der Waals surface area contributed by atoms with Crippen molar-refractivity contribution in [3.05, 3.63) is 95.1 Å². The second-order valence-corrected chi connectivity index (χ2v) is 12.2. The number of amides is 2. The Morgan fingerprint density at radius 2 is 1.70 bits per heavy atom. The van der Waals surface area contributed by atoms with E-state index in [0.717, 1.165) is 42.5 Å². The predicted octanol–water partition coefficient (Wildman–Crippen LogP) is 5.83. The average molecular weight is 705 g/mol. The zero-order valence-electron chi connectivity index (χ0n) is 26.0. The van der Waals surface area contributed by atoms with Gasteiger partial charge in [-0.25, -0.2) is 14.4 Å². The number of alkyl halides is 6. The van der Waals surface area contributed by atoms with Crippen LogP contribution in [0.5, 0.6) is 11.5 Å². The Hall–Kier alpha value is -5.25. The standard InChI is InChI=1S/C34H27F7N4O5/c1-31(30(42)47)16-49-28-22(31)14-26(45-27(28)17-5-8-19(35)9-6-17)32(48,34(39,40)41)15-43-29(46)18-7-12-21(24(13-18)50-20-10-11-20)23-3-2-4-25(44-23)33(36,37)38/h2-9,12-14,20,48H,10-11,15-16H2,1H3,(H2,42,47)(H,43,46)/t31-,32?/m0/s1. The van der Waals surface area contributed by atoms with Crippen LogP contribution in [0.15, 0.2) is 66.7 Å². The third-order valence-electron chi connectivity index (χ3n) is 8.51. The van der Waals surface area contributed by atoms with E-state index in [1.54, 1.807) is 0 Å². The molecular weight excluding hydrogens is 677 g/mol. The molecule has 0 radical (unpaired) electrons. The molecule has 2 amide bonds. The van der Waals surface area contributed by atoms with Crippen LogP contribution in [0.2, 0.25) is 0 Å². The van der Waals surface area contributed by atoms with Crippen molar-refractivity contribution in [3.8, 4) is 34.0 Å². The Morgan fingerprint density at radius 3 is 2.32 bits per heavy atom. The molecule has 2 atom stereocenters. The van der Waals surface area contributed by atoms with Crippen molar-refractivity contribution < 1.29 is 54.9 Å². The maximum atomic E-state index is 14.8. The summed E-state index contributed by atoms with van der Waals surface area (Å²) < 4.78 is 110. The fourth-order valence-corrected chi connectivity index (χ4v) is 5.33. The van der Waals surface area contributed by atoms with Crippen molar-refractivity contribution in [3.63, 3.8) is 0 Å². The van der Waals surface area contributed by atoms with Gasteiger partial charge in [0.05, 0.1) is 24.0 Å². The highest BCUT2D eigenvalue weighted by Crippen LogP contribution is 2.48. The molecule has 2 aliphatic rings. The highest BCUT2D eigenvalue weighted by Gasteiger charge is 2.57. The number of primary amides is 1. The van der Waals surface area contributed by atoms with E-state index < -0.39 is 58.9 Å². The number of ether oxygens (including phenoxy) is 2. The van der Waals surface area contributed by atoms with E-state index in [9.17, 15) is 45.4 Å². The van der Waals surface area contributed by atoms with Crippen LogP contribution in [-0.2, 0) is 22.0 Å². The first kappa shape index (κ1) is 34.6. The Kier molecular flexibility index (Phi) is 8.49. The number of nitrogens with two attached hydrogens (primary N) is 1. The molecule has 16 heteroatoms. The Bertz CT molecular complexity index is 1980. The van der Waals surface area contributed by atoms with E-state index in [2.05, 4.69) is 15.3 Å². The van der Waals surface area contributed by atoms with Crippen molar-refractivity contribution in [2.75, 3.05) is 13.2 Å². The van der Waals surface area contributed by atoms with Gasteiger partial charge in [0.2, 0.25) is 11.5 Å². The molecule has 3 heterocycles. The lowest BCUT2D eigenvalue weighted by molar-refractivity contribution is -0.265. The van der Waals surface area contributed by atoms with Crippen molar-refractivity contribution in [2.45, 2.75) is 49.2 Å². The monoisotopic (exact) mass is 704 g/mol. The minimum Gasteiger partial charge on any atom is -0.490 e. The van der Waals surface area contributed by atoms with Crippen molar-refractivity contribution in [1.82, 2.24) is 15.3 Å². The van der Waals surface area contributed by atoms with Crippen LogP contribution in [0.25, 0.3) is 22.5 Å². The smallest absolute Gasteiger partial charge is 0.433 e. The van der Waals surface area contributed by atoms with E-state index in [1.807, 2.05) is 0 Å². The molecule has 4 N–H and O–H groups in total. The summed E-state index contributed by atoms with van der Waals surface area (Å²) in [7, 11) is 0. The molecule has 0 bridgehead atoms. The lowest BCUT2D eigenvalue weighted by Gasteiger charge is -2.31. The van der Waals surface area contributed by atoms with E-state index >= 15 is 0 Å². The van der Waals surface area contributed by atoms with Gasteiger partial charge in [-0.1, -0.05) is 6.07 Å². The summed E-state index contributed by atoms with van der Waals surface area (Å²) in [5.41, 5.74) is -2.53. The molecular formula is C34H27F7N4O5. The Morgan fingerprint density at radius 1 is 1.00 bits per heavy atom. The van der Waals surface area contributed by atoms with Crippen LogP contribution >= 0.6 is 0 Å². The molecule has 0 saturated heterocycles. The van der Waals surface area contributed by atoms with Gasteiger partial charge in [0.25, 0.3) is 5.91 Å². The minimum atomic E-state index is -5.45. The van der Waals surface area contributed by atoms with Crippen LogP contribution in [0.4, 0.5) is 30.7 Å². The maximum absolute atomic E-state index is 14.8. The number of benzene rings is 2. The quantitative estimate of drug-likeness (QED) is 0.187. The molecule has 1 fully saturated rings. The number of carbonyl (C=O) groups is 2. The van der Waals surface area contributed by atoms with Crippen molar-refractivity contribution in [1.29, 1.82) is 0 Å². The number of nitrogens with one attached hydrogen (secondary N) is 1. The molecule has 9 nitrogen and oxygen atoms in total. The van der Waals surface area contributed by atoms with E-state index in [4.69, 9.17) is 15.2 Å². The molecule has 2 aromatic heterocycles. The number of halogens is 7. The van der Waals surface area contributed by atoms with Gasteiger partial charge in [-0.05, 0) is 80.4 Å². The number of pyridine rings is 2. The SMILES string of the molecule is C[C@]1(C(N)=O)COc2c1cc(C(O)(CNC(=O)c1ccc(-c3cccc(C(F)(F)F)n3)c(OC3CC3)c1)C(F)(F)F)nc2-c1ccc(F)cc1. The van der Waals surface area contributed by atoms with Crippen LogP contribution < -0.4 is 20.5 Å². The van der Waals surface area contributed by atoms with Gasteiger partial charge in [-0.2, -0.15) is 26.3 Å². The summed E-state index contributed by atoms with van der Waals surface area (Å²) in [4.78, 5) is 33.5. The molecule has 4 aromatic rings. The molecule has 1 unspecified atom stereocenters. The number of aromatic nitrogens is 2. The molecule has 50 heavy (non-hydrogen) atoms. The largest absolute Gasteiger partial charge is 0.490 e. The minimum absolute atomic E-state index is 0.0203. The first-order chi connectivity index (χ1) is 23.4. The third-order valence-corrected chi connectivity index (χ3v) is 8.51. The zero-order chi connectivity index (χ0) is 36.2. The Labute approximate surface area is 279 Å². The summed E-state index contributed by atoms with van der Waals surface area (Å²) in [5.74, 6) is -2.79. The summed E-state index contributed by atoms with van der Waals surface area (Å²) in [5, 5.41) is 13.4. The summed E-state index contributed by atoms with van der Waals surface area (Å²) in [6, 6.07) is 12.2. The lowest BCUT2D eigenvalue weighted by atomic mass is 9.81. The van der Waals surface area contributed by atoms with Gasteiger partial charge in [0, 0.05) is 22.3 Å². The number of nitrogens with zero attached hydrogens (tertiary/aromatic N) is 2. The van der Waals surface area contributed by atoms with E-state index in [1.165, 1.54) is 31.2 Å². The van der Waals surface area contributed by atoms with Gasteiger partial charge in [-0.15, -0.1) is 0 Å². The van der Waals surface area contributed by atoms with Gasteiger partial charge in [0.1, 0.15) is 40.7 Å². The molecule has 262 valence electrons. The number of carbonyl (C=O) groups excluding carboxylic acids is 2. The molecule has 1 saturated carbocycles. The van der Waals surface area contributed by atoms with Gasteiger partial charge in [0.15, 0.2) is 0 Å². The number of hydrogen-bond acceptors (Lipinski definition) is 7. The lowest BCUT2D eigenvalue weighted by Crippen LogP contribution is -2.51. The summed E-state index contributed by atoms with van der Waals surface area (Å²) in [6.07, 6.45) is -9.20. The van der Waals surface area contributed by atoms with Gasteiger partial charge >= 0.3 is 12.4 Å². The van der Waals surface area contributed by atoms with Crippen molar-refractivity contribution >= 4 is 11.8 Å². The second kappa shape index (κ2) is 12.3. The second-order valence-electron chi connectivity index (χ2n) is 12.2. The Balaban J connectivity index is 1.36. The van der Waals surface area contributed by atoms with Gasteiger partial charge in [-0.3, -0.25) is 9.59 Å². The van der Waals surface area contributed by atoms with Crippen LogP contribution in [0.3, 0.4) is 0 Å². The molecule has 1 aliphatic heterocycles. The fourth-order valence-electron chi connectivity index (χ4n) is 5.33. The van der Waals surface area contributed by atoms with E-state index in [-0.39, 0.29) is 57.9 Å². The highest BCUT2D eigenvalue weighted by molar-refractivity contribution is 5.95. The maximum Gasteiger partial charge on any atom is 0.433 e. The van der Waals surface area contributed by atoms with Crippen LogP contribution in [0, 0.1) is 5.82 Å². The van der Waals surface area contributed by atoms with Crippen LogP contribution in [-0.4, -0.2) is 52.3 Å². The highest BCUT2D eigenvalue weighted by atomic mass is 19.4.